The first-order valence-electron chi connectivity index (χ1n) is 6.54. The summed E-state index contributed by atoms with van der Waals surface area (Å²) in [5.74, 6) is 0.712. The summed E-state index contributed by atoms with van der Waals surface area (Å²) >= 11 is 1.59. The fourth-order valence-electron chi connectivity index (χ4n) is 2.53. The van der Waals surface area contributed by atoms with Crippen LogP contribution in [0.2, 0.25) is 0 Å². The fourth-order valence-corrected chi connectivity index (χ4v) is 3.26. The number of anilines is 1. The second kappa shape index (κ2) is 5.66. The third-order valence-electron chi connectivity index (χ3n) is 3.57. The molecule has 1 aliphatic heterocycles. The van der Waals surface area contributed by atoms with E-state index in [-0.39, 0.29) is 0 Å². The van der Waals surface area contributed by atoms with Gasteiger partial charge in [-0.1, -0.05) is 0 Å². The molecule has 0 saturated carbocycles. The number of nitrogen functional groups attached to an aromatic ring is 1. The topological polar surface area (TPSA) is 72.9 Å². The Labute approximate surface area is 116 Å². The van der Waals surface area contributed by atoms with E-state index in [0.717, 1.165) is 26.2 Å². The van der Waals surface area contributed by atoms with Crippen LogP contribution in [0, 0.1) is 5.92 Å². The van der Waals surface area contributed by atoms with E-state index in [4.69, 9.17) is 5.73 Å². The van der Waals surface area contributed by atoms with E-state index < -0.39 is 0 Å². The Balaban J connectivity index is 1.46. The van der Waals surface area contributed by atoms with Crippen molar-refractivity contribution >= 4 is 16.5 Å². The third kappa shape index (κ3) is 3.30. The second-order valence-electron chi connectivity index (χ2n) is 5.00. The quantitative estimate of drug-likeness (QED) is 0.910. The van der Waals surface area contributed by atoms with Crippen molar-refractivity contribution in [1.29, 1.82) is 0 Å². The van der Waals surface area contributed by atoms with Crippen molar-refractivity contribution in [1.82, 2.24) is 24.6 Å². The molecule has 0 bridgehead atoms. The molecule has 0 amide bonds. The Kier molecular flexibility index (Phi) is 3.74. The number of thiazole rings is 1. The second-order valence-corrected chi connectivity index (χ2v) is 6.15. The van der Waals surface area contributed by atoms with Crippen LogP contribution >= 0.6 is 11.3 Å². The van der Waals surface area contributed by atoms with Crippen LogP contribution in [-0.4, -0.2) is 37.7 Å². The van der Waals surface area contributed by atoms with E-state index in [9.17, 15) is 0 Å². The number of aromatic nitrogens is 4. The average Bonchev–Trinajstić information content (AvgIpc) is 3.04. The van der Waals surface area contributed by atoms with Gasteiger partial charge in [-0.2, -0.15) is 5.10 Å². The first-order valence-corrected chi connectivity index (χ1v) is 7.36. The molecular formula is C12H18N6S. The van der Waals surface area contributed by atoms with Crippen molar-refractivity contribution in [3.8, 4) is 0 Å². The van der Waals surface area contributed by atoms with Gasteiger partial charge in [0.05, 0.1) is 0 Å². The molecule has 102 valence electrons. The SMILES string of the molecule is Nc1ncc(CN2CCC(Cn3cncn3)CC2)s1. The molecule has 19 heavy (non-hydrogen) atoms. The van der Waals surface area contributed by atoms with Crippen molar-refractivity contribution in [3.05, 3.63) is 23.7 Å². The van der Waals surface area contributed by atoms with Crippen LogP contribution in [0.4, 0.5) is 5.13 Å². The zero-order valence-corrected chi connectivity index (χ0v) is 11.6. The van der Waals surface area contributed by atoms with Gasteiger partial charge in [0, 0.05) is 24.2 Å². The number of likely N-dealkylation sites (tertiary alicyclic amines) is 1. The van der Waals surface area contributed by atoms with Crippen LogP contribution in [0.1, 0.15) is 17.7 Å². The molecule has 6 nitrogen and oxygen atoms in total. The Hall–Kier alpha value is -1.47. The molecule has 2 aromatic heterocycles. The van der Waals surface area contributed by atoms with Gasteiger partial charge < -0.3 is 5.73 Å². The molecule has 0 atom stereocenters. The molecule has 0 radical (unpaired) electrons. The van der Waals surface area contributed by atoms with E-state index in [1.54, 1.807) is 24.0 Å². The molecule has 1 fully saturated rings. The minimum Gasteiger partial charge on any atom is -0.375 e. The van der Waals surface area contributed by atoms with Crippen molar-refractivity contribution in [2.24, 2.45) is 5.92 Å². The molecule has 2 N–H and O–H groups in total. The number of hydrogen-bond acceptors (Lipinski definition) is 6. The van der Waals surface area contributed by atoms with Gasteiger partial charge in [-0.05, 0) is 31.8 Å². The van der Waals surface area contributed by atoms with Crippen LogP contribution in [-0.2, 0) is 13.1 Å². The minimum atomic E-state index is 0.663. The lowest BCUT2D eigenvalue weighted by Crippen LogP contribution is -2.34. The van der Waals surface area contributed by atoms with Crippen molar-refractivity contribution in [2.45, 2.75) is 25.9 Å². The summed E-state index contributed by atoms with van der Waals surface area (Å²) in [5.41, 5.74) is 5.65. The van der Waals surface area contributed by atoms with Crippen LogP contribution in [0.15, 0.2) is 18.9 Å². The monoisotopic (exact) mass is 278 g/mol. The Morgan fingerprint density at radius 2 is 2.21 bits per heavy atom. The summed E-state index contributed by atoms with van der Waals surface area (Å²) < 4.78 is 1.93. The largest absolute Gasteiger partial charge is 0.375 e. The summed E-state index contributed by atoms with van der Waals surface area (Å²) in [6.45, 7) is 4.24. The Morgan fingerprint density at radius 1 is 1.37 bits per heavy atom. The van der Waals surface area contributed by atoms with Crippen molar-refractivity contribution in [2.75, 3.05) is 18.8 Å². The molecule has 0 unspecified atom stereocenters. The summed E-state index contributed by atoms with van der Waals surface area (Å²) in [6.07, 6.45) is 7.72. The lowest BCUT2D eigenvalue weighted by molar-refractivity contribution is 0.165. The predicted molar refractivity (Wildman–Crippen MR) is 74.5 cm³/mol. The smallest absolute Gasteiger partial charge is 0.180 e. The molecule has 1 saturated heterocycles. The van der Waals surface area contributed by atoms with Gasteiger partial charge in [0.2, 0.25) is 0 Å². The van der Waals surface area contributed by atoms with E-state index in [1.165, 1.54) is 17.7 Å². The highest BCUT2D eigenvalue weighted by molar-refractivity contribution is 7.15. The molecule has 3 heterocycles. The van der Waals surface area contributed by atoms with Gasteiger partial charge in [-0.3, -0.25) is 9.58 Å². The molecule has 0 spiro atoms. The maximum atomic E-state index is 5.65. The minimum absolute atomic E-state index is 0.663. The van der Waals surface area contributed by atoms with E-state index in [0.29, 0.717) is 11.0 Å². The lowest BCUT2D eigenvalue weighted by atomic mass is 9.97. The van der Waals surface area contributed by atoms with Crippen LogP contribution < -0.4 is 5.73 Å². The third-order valence-corrected chi connectivity index (χ3v) is 4.38. The lowest BCUT2D eigenvalue weighted by Gasteiger charge is -2.31. The first-order chi connectivity index (χ1) is 9.29. The van der Waals surface area contributed by atoms with Crippen molar-refractivity contribution in [3.63, 3.8) is 0 Å². The normalized spacial score (nSPS) is 17.9. The molecule has 3 rings (SSSR count). The van der Waals surface area contributed by atoms with E-state index in [2.05, 4.69) is 20.0 Å². The Morgan fingerprint density at radius 3 is 2.84 bits per heavy atom. The highest BCUT2D eigenvalue weighted by atomic mass is 32.1. The summed E-state index contributed by atoms with van der Waals surface area (Å²) in [5, 5.41) is 4.83. The fraction of sp³-hybridized carbons (Fsp3) is 0.583. The first kappa shape index (κ1) is 12.6. The van der Waals surface area contributed by atoms with Gasteiger partial charge >= 0.3 is 0 Å². The molecule has 0 aliphatic carbocycles. The number of nitrogens with zero attached hydrogens (tertiary/aromatic N) is 5. The number of rotatable bonds is 4. The average molecular weight is 278 g/mol. The predicted octanol–water partition coefficient (Wildman–Crippen LogP) is 1.23. The van der Waals surface area contributed by atoms with Gasteiger partial charge in [0.25, 0.3) is 0 Å². The maximum Gasteiger partial charge on any atom is 0.180 e. The molecular weight excluding hydrogens is 260 g/mol. The molecule has 0 aromatic carbocycles. The summed E-state index contributed by atoms with van der Waals surface area (Å²) in [7, 11) is 0. The highest BCUT2D eigenvalue weighted by Gasteiger charge is 2.20. The summed E-state index contributed by atoms with van der Waals surface area (Å²) in [4.78, 5) is 11.8. The maximum absolute atomic E-state index is 5.65. The van der Waals surface area contributed by atoms with Gasteiger partial charge in [-0.25, -0.2) is 9.97 Å². The van der Waals surface area contributed by atoms with Crippen LogP contribution in [0.5, 0.6) is 0 Å². The number of nitrogens with two attached hydrogens (primary N) is 1. The number of piperidine rings is 1. The van der Waals surface area contributed by atoms with Gasteiger partial charge in [-0.15, -0.1) is 11.3 Å². The zero-order chi connectivity index (χ0) is 13.1. The zero-order valence-electron chi connectivity index (χ0n) is 10.8. The van der Waals surface area contributed by atoms with Gasteiger partial charge in [0.15, 0.2) is 5.13 Å². The number of hydrogen-bond donors (Lipinski definition) is 1. The summed E-state index contributed by atoms with van der Waals surface area (Å²) in [6, 6.07) is 0. The standard InChI is InChI=1S/C12H18N6S/c13-12-15-5-11(19-12)7-17-3-1-10(2-4-17)6-18-9-14-8-16-18/h5,8-10H,1-4,6-7H2,(H2,13,15). The Bertz CT molecular complexity index is 500. The molecule has 2 aromatic rings. The molecule has 1 aliphatic rings. The van der Waals surface area contributed by atoms with Crippen LogP contribution in [0.3, 0.4) is 0 Å². The molecule has 7 heteroatoms. The van der Waals surface area contributed by atoms with Crippen LogP contribution in [0.25, 0.3) is 0 Å². The van der Waals surface area contributed by atoms with E-state index in [1.807, 2.05) is 10.9 Å². The van der Waals surface area contributed by atoms with Gasteiger partial charge in [0.1, 0.15) is 12.7 Å². The highest BCUT2D eigenvalue weighted by Crippen LogP contribution is 2.22. The van der Waals surface area contributed by atoms with E-state index >= 15 is 0 Å². The van der Waals surface area contributed by atoms with Crippen molar-refractivity contribution < 1.29 is 0 Å².